The van der Waals surface area contributed by atoms with Crippen molar-refractivity contribution >= 4 is 17.5 Å². The van der Waals surface area contributed by atoms with E-state index in [9.17, 15) is 14.3 Å². The first-order valence-corrected chi connectivity index (χ1v) is 12.1. The van der Waals surface area contributed by atoms with E-state index in [1.807, 2.05) is 0 Å². The van der Waals surface area contributed by atoms with Crippen LogP contribution in [0.25, 0.3) is 11.3 Å². The lowest BCUT2D eigenvalue weighted by Crippen LogP contribution is -2.41. The molecule has 1 aliphatic rings. The molecule has 0 bridgehead atoms. The van der Waals surface area contributed by atoms with E-state index in [1.165, 1.54) is 26.4 Å². The summed E-state index contributed by atoms with van der Waals surface area (Å²) in [6.45, 7) is -0.0405. The van der Waals surface area contributed by atoms with Gasteiger partial charge in [0, 0.05) is 22.7 Å². The molecule has 1 aromatic heterocycles. The zero-order valence-electron chi connectivity index (χ0n) is 20.4. The largest absolute Gasteiger partial charge is 0.494 e. The van der Waals surface area contributed by atoms with Gasteiger partial charge in [0.2, 0.25) is 0 Å². The first-order chi connectivity index (χ1) is 17.9. The molecule has 1 fully saturated rings. The topological polar surface area (TPSA) is 110 Å². The van der Waals surface area contributed by atoms with Gasteiger partial charge in [0.15, 0.2) is 11.5 Å². The number of aromatic nitrogens is 1. The Morgan fingerprint density at radius 3 is 2.54 bits per heavy atom. The van der Waals surface area contributed by atoms with Crippen LogP contribution in [0.15, 0.2) is 48.5 Å². The lowest BCUT2D eigenvalue weighted by atomic mass is 9.98. The summed E-state index contributed by atoms with van der Waals surface area (Å²) in [5, 5.41) is 22.9. The van der Waals surface area contributed by atoms with Gasteiger partial charge in [-0.25, -0.2) is 9.37 Å². The summed E-state index contributed by atoms with van der Waals surface area (Å²) in [4.78, 5) is 17.6. The summed E-state index contributed by atoms with van der Waals surface area (Å²) in [5.74, 6) is 0.0508. The molecule has 1 unspecified atom stereocenters. The minimum Gasteiger partial charge on any atom is -0.494 e. The number of hydrogen-bond acceptors (Lipinski definition) is 7. The number of rotatable bonds is 9. The number of hydrogen-bond donors (Lipinski definition) is 3. The number of amides is 1. The van der Waals surface area contributed by atoms with Gasteiger partial charge in [0.1, 0.15) is 23.9 Å². The van der Waals surface area contributed by atoms with Crippen LogP contribution in [0, 0.1) is 5.82 Å². The Morgan fingerprint density at radius 2 is 1.84 bits per heavy atom. The van der Waals surface area contributed by atoms with Crippen molar-refractivity contribution < 1.29 is 33.6 Å². The molecule has 1 heterocycles. The van der Waals surface area contributed by atoms with Crippen molar-refractivity contribution in [1.29, 1.82) is 0 Å². The molecular formula is C27H28ClFN2O6. The zero-order chi connectivity index (χ0) is 26.5. The fraction of sp³-hybridized carbons (Fsp3) is 0.333. The monoisotopic (exact) mass is 530 g/mol. The van der Waals surface area contributed by atoms with Crippen LogP contribution in [0.2, 0.25) is 5.02 Å². The van der Waals surface area contributed by atoms with Crippen LogP contribution in [0.3, 0.4) is 0 Å². The molecule has 8 nitrogen and oxygen atoms in total. The summed E-state index contributed by atoms with van der Waals surface area (Å²) < 4.78 is 29.8. The number of benzene rings is 2. The summed E-state index contributed by atoms with van der Waals surface area (Å²) in [6.07, 6.45) is 0.285. The summed E-state index contributed by atoms with van der Waals surface area (Å²) >= 11 is 5.97. The van der Waals surface area contributed by atoms with Crippen LogP contribution in [0.1, 0.15) is 34.8 Å². The van der Waals surface area contributed by atoms with E-state index in [-0.39, 0.29) is 30.1 Å². The van der Waals surface area contributed by atoms with Gasteiger partial charge in [-0.15, -0.1) is 0 Å². The molecule has 3 N–H and O–H groups in total. The van der Waals surface area contributed by atoms with Crippen LogP contribution in [-0.2, 0) is 0 Å². The molecule has 1 aliphatic carbocycles. The summed E-state index contributed by atoms with van der Waals surface area (Å²) in [7, 11) is 2.98. The molecule has 0 spiro atoms. The lowest BCUT2D eigenvalue weighted by Gasteiger charge is -2.21. The minimum atomic E-state index is -0.872. The third-order valence-corrected chi connectivity index (χ3v) is 6.67. The van der Waals surface area contributed by atoms with E-state index in [2.05, 4.69) is 5.32 Å². The van der Waals surface area contributed by atoms with Crippen LogP contribution >= 0.6 is 11.6 Å². The van der Waals surface area contributed by atoms with Crippen molar-refractivity contribution in [1.82, 2.24) is 10.3 Å². The standard InChI is InChI=1S/C27H28ClFN2O6/c1-35-23-10-8-20(30-25(23)15-3-6-19(29)18(28)13-15)17-5-7-21(26(17)33)31-27(34)16-4-9-22(37-12-11-32)24(14-16)36-2/h3-4,6,8-10,13-14,17,21,26,32-33H,5,7,11-12H2,1-2H3,(H,31,34)/t17?,21-,26+/m1/s1. The molecule has 196 valence electrons. The predicted octanol–water partition coefficient (Wildman–Crippen LogP) is 3.97. The first-order valence-electron chi connectivity index (χ1n) is 11.8. The smallest absolute Gasteiger partial charge is 0.251 e. The Labute approximate surface area is 219 Å². The minimum absolute atomic E-state index is 0.0277. The number of ether oxygens (including phenoxy) is 3. The molecule has 1 saturated carbocycles. The number of nitrogens with zero attached hydrogens (tertiary/aromatic N) is 1. The first kappa shape index (κ1) is 26.7. The van der Waals surface area contributed by atoms with E-state index in [0.717, 1.165) is 0 Å². The van der Waals surface area contributed by atoms with E-state index in [1.54, 1.807) is 36.4 Å². The van der Waals surface area contributed by atoms with E-state index in [0.29, 0.717) is 52.6 Å². The number of carbonyl (C=O) groups excluding carboxylic acids is 1. The quantitative estimate of drug-likeness (QED) is 0.384. The van der Waals surface area contributed by atoms with Gasteiger partial charge in [-0.05, 0) is 61.4 Å². The molecule has 2 aromatic carbocycles. The average Bonchev–Trinajstić information content (AvgIpc) is 3.28. The molecule has 3 aromatic rings. The normalized spacial score (nSPS) is 18.9. The highest BCUT2D eigenvalue weighted by molar-refractivity contribution is 6.31. The molecule has 0 saturated heterocycles. The third kappa shape index (κ3) is 5.79. The molecule has 0 radical (unpaired) electrons. The summed E-state index contributed by atoms with van der Waals surface area (Å²) in [5.41, 5.74) is 2.05. The maximum Gasteiger partial charge on any atom is 0.251 e. The fourth-order valence-corrected chi connectivity index (χ4v) is 4.66. The van der Waals surface area contributed by atoms with Crippen LogP contribution in [-0.4, -0.2) is 60.7 Å². The highest BCUT2D eigenvalue weighted by Gasteiger charge is 2.38. The highest BCUT2D eigenvalue weighted by Crippen LogP contribution is 2.38. The van der Waals surface area contributed by atoms with Crippen molar-refractivity contribution in [2.24, 2.45) is 0 Å². The zero-order valence-corrected chi connectivity index (χ0v) is 21.2. The van der Waals surface area contributed by atoms with Gasteiger partial charge in [-0.2, -0.15) is 0 Å². The number of nitrogens with one attached hydrogen (secondary N) is 1. The van der Waals surface area contributed by atoms with Crippen molar-refractivity contribution in [2.75, 3.05) is 27.4 Å². The average molecular weight is 531 g/mol. The second kappa shape index (κ2) is 11.8. The van der Waals surface area contributed by atoms with Gasteiger partial charge >= 0.3 is 0 Å². The predicted molar refractivity (Wildman–Crippen MR) is 136 cm³/mol. The van der Waals surface area contributed by atoms with Gasteiger partial charge < -0.3 is 29.7 Å². The van der Waals surface area contributed by atoms with Gasteiger partial charge in [0.05, 0.1) is 38.0 Å². The SMILES string of the molecule is COc1cc(C(=O)N[C@@H]2CCC(c3ccc(OC)c(-c4ccc(F)c(Cl)c4)n3)[C@@H]2O)ccc1OCCO. The Bertz CT molecular complexity index is 1270. The van der Waals surface area contributed by atoms with E-state index >= 15 is 0 Å². The third-order valence-electron chi connectivity index (χ3n) is 6.38. The van der Waals surface area contributed by atoms with Gasteiger partial charge in [-0.1, -0.05) is 11.6 Å². The summed E-state index contributed by atoms with van der Waals surface area (Å²) in [6, 6.07) is 12.1. The van der Waals surface area contributed by atoms with Crippen molar-refractivity contribution in [3.63, 3.8) is 0 Å². The number of carbonyl (C=O) groups is 1. The van der Waals surface area contributed by atoms with Crippen LogP contribution in [0.5, 0.6) is 17.2 Å². The number of halogens is 2. The molecular weight excluding hydrogens is 503 g/mol. The molecule has 0 aliphatic heterocycles. The molecule has 4 rings (SSSR count). The number of aliphatic hydroxyl groups excluding tert-OH is 2. The molecule has 1 amide bonds. The van der Waals surface area contributed by atoms with Crippen LogP contribution < -0.4 is 19.5 Å². The Kier molecular flexibility index (Phi) is 8.48. The van der Waals surface area contributed by atoms with Crippen molar-refractivity contribution in [2.45, 2.75) is 30.9 Å². The van der Waals surface area contributed by atoms with E-state index < -0.39 is 18.0 Å². The Balaban J connectivity index is 1.51. The molecule has 10 heteroatoms. The number of methoxy groups -OCH3 is 2. The second-order valence-corrected chi connectivity index (χ2v) is 9.02. The van der Waals surface area contributed by atoms with Gasteiger partial charge in [0.25, 0.3) is 5.91 Å². The maximum absolute atomic E-state index is 13.7. The van der Waals surface area contributed by atoms with E-state index in [4.69, 9.17) is 35.9 Å². The van der Waals surface area contributed by atoms with Crippen molar-refractivity contribution in [3.8, 4) is 28.5 Å². The Morgan fingerprint density at radius 1 is 1.08 bits per heavy atom. The molecule has 37 heavy (non-hydrogen) atoms. The molecule has 3 atom stereocenters. The van der Waals surface area contributed by atoms with Crippen LogP contribution in [0.4, 0.5) is 4.39 Å². The number of pyridine rings is 1. The lowest BCUT2D eigenvalue weighted by molar-refractivity contribution is 0.0853. The second-order valence-electron chi connectivity index (χ2n) is 8.61. The highest BCUT2D eigenvalue weighted by atomic mass is 35.5. The maximum atomic E-state index is 13.7. The van der Waals surface area contributed by atoms with Gasteiger partial charge in [-0.3, -0.25) is 4.79 Å². The number of aliphatic hydroxyl groups is 2. The Hall–Kier alpha value is -3.40. The fourth-order valence-electron chi connectivity index (χ4n) is 4.48. The van der Waals surface area contributed by atoms with Crippen molar-refractivity contribution in [3.05, 3.63) is 70.6 Å².